The van der Waals surface area contributed by atoms with Crippen molar-refractivity contribution in [1.82, 2.24) is 0 Å². The summed E-state index contributed by atoms with van der Waals surface area (Å²) in [7, 11) is 0. The van der Waals surface area contributed by atoms with Gasteiger partial charge in [-0.15, -0.1) is 0 Å². The summed E-state index contributed by atoms with van der Waals surface area (Å²) in [6, 6.07) is 24.1. The summed E-state index contributed by atoms with van der Waals surface area (Å²) in [6.45, 7) is 2.25. The van der Waals surface area contributed by atoms with E-state index in [4.69, 9.17) is 4.42 Å². The zero-order chi connectivity index (χ0) is 17.5. The predicted octanol–water partition coefficient (Wildman–Crippen LogP) is 7.63. The first-order valence-corrected chi connectivity index (χ1v) is 9.61. The number of furan rings is 1. The van der Waals surface area contributed by atoms with Gasteiger partial charge in [0.1, 0.15) is 11.2 Å². The number of fused-ring (bicyclic) bond motifs is 6. The summed E-state index contributed by atoms with van der Waals surface area (Å²) < 4.78 is 6.33. The minimum absolute atomic E-state index is 0.991. The summed E-state index contributed by atoms with van der Waals surface area (Å²) in [4.78, 5) is 0. The van der Waals surface area contributed by atoms with Crippen LogP contribution in [0.4, 0.5) is 0 Å². The monoisotopic (exact) mass is 338 g/mol. The molecule has 1 nitrogen and oxygen atoms in total. The number of hydrogen-bond donors (Lipinski definition) is 0. The molecule has 128 valence electrons. The Balaban J connectivity index is 1.81. The third-order valence-corrected chi connectivity index (χ3v) is 5.48. The second-order valence-electron chi connectivity index (χ2n) is 7.21. The molecule has 4 aromatic carbocycles. The van der Waals surface area contributed by atoms with Crippen LogP contribution in [0.5, 0.6) is 0 Å². The fourth-order valence-electron chi connectivity index (χ4n) is 4.13. The van der Waals surface area contributed by atoms with Gasteiger partial charge in [0.2, 0.25) is 0 Å². The van der Waals surface area contributed by atoms with Gasteiger partial charge in [-0.25, -0.2) is 0 Å². The van der Waals surface area contributed by atoms with Gasteiger partial charge in [-0.1, -0.05) is 68.3 Å². The summed E-state index contributed by atoms with van der Waals surface area (Å²) in [5.41, 5.74) is 3.39. The quantitative estimate of drug-likeness (QED) is 0.242. The van der Waals surface area contributed by atoms with Gasteiger partial charge in [0.15, 0.2) is 0 Å². The van der Waals surface area contributed by atoms with Gasteiger partial charge < -0.3 is 4.42 Å². The summed E-state index contributed by atoms with van der Waals surface area (Å²) in [6.07, 6.45) is 4.82. The Morgan fingerprint density at radius 3 is 2.42 bits per heavy atom. The highest BCUT2D eigenvalue weighted by atomic mass is 16.3. The number of unbranched alkanes of at least 4 members (excludes halogenated alkanes) is 2. The molecule has 0 spiro atoms. The fraction of sp³-hybridized carbons (Fsp3) is 0.200. The van der Waals surface area contributed by atoms with E-state index in [0.29, 0.717) is 0 Å². The highest BCUT2D eigenvalue weighted by Crippen LogP contribution is 2.37. The molecule has 5 rings (SSSR count). The van der Waals surface area contributed by atoms with Gasteiger partial charge in [-0.05, 0) is 58.1 Å². The molecule has 0 saturated heterocycles. The van der Waals surface area contributed by atoms with Crippen LogP contribution in [0.2, 0.25) is 0 Å². The van der Waals surface area contributed by atoms with Crippen LogP contribution in [0.1, 0.15) is 31.7 Å². The third kappa shape index (κ3) is 2.39. The van der Waals surface area contributed by atoms with Gasteiger partial charge in [0.05, 0.1) is 0 Å². The van der Waals surface area contributed by atoms with Crippen LogP contribution in [-0.4, -0.2) is 0 Å². The lowest BCUT2D eigenvalue weighted by atomic mass is 9.98. The maximum atomic E-state index is 6.33. The van der Waals surface area contributed by atoms with Crippen LogP contribution in [0.15, 0.2) is 71.1 Å². The van der Waals surface area contributed by atoms with Gasteiger partial charge >= 0.3 is 0 Å². The third-order valence-electron chi connectivity index (χ3n) is 5.48. The molecule has 1 aromatic heterocycles. The average Bonchev–Trinajstić information content (AvgIpc) is 3.06. The molecule has 0 aliphatic carbocycles. The zero-order valence-corrected chi connectivity index (χ0v) is 15.1. The molecule has 1 heteroatoms. The number of hydrogen-bond acceptors (Lipinski definition) is 1. The van der Waals surface area contributed by atoms with E-state index < -0.39 is 0 Å². The number of benzene rings is 4. The molecule has 0 atom stereocenters. The Morgan fingerprint density at radius 2 is 1.58 bits per heavy atom. The zero-order valence-electron chi connectivity index (χ0n) is 15.1. The smallest absolute Gasteiger partial charge is 0.138 e. The normalized spacial score (nSPS) is 11.9. The van der Waals surface area contributed by atoms with Gasteiger partial charge in [0, 0.05) is 10.8 Å². The lowest BCUT2D eigenvalue weighted by Crippen LogP contribution is -1.85. The Labute approximate surface area is 153 Å². The molecule has 0 aliphatic heterocycles. The molecule has 26 heavy (non-hydrogen) atoms. The summed E-state index contributed by atoms with van der Waals surface area (Å²) >= 11 is 0. The molecular weight excluding hydrogens is 316 g/mol. The Kier molecular flexibility index (Phi) is 3.67. The van der Waals surface area contributed by atoms with Gasteiger partial charge in [0.25, 0.3) is 0 Å². The van der Waals surface area contributed by atoms with Gasteiger partial charge in [-0.3, -0.25) is 0 Å². The van der Waals surface area contributed by atoms with Gasteiger partial charge in [-0.2, -0.15) is 0 Å². The molecule has 0 amide bonds. The standard InChI is InChI=1S/C25H22O/c1-2-3-4-8-17-11-7-12-21-24-22-16-19-10-6-5-9-18(19)15-20(22)13-14-23(24)26-25(17)21/h5-7,9-16H,2-4,8H2,1H3. The lowest BCUT2D eigenvalue weighted by Gasteiger charge is -2.04. The first kappa shape index (κ1) is 15.5. The van der Waals surface area contributed by atoms with Crippen LogP contribution in [0.25, 0.3) is 43.5 Å². The number of rotatable bonds is 4. The maximum Gasteiger partial charge on any atom is 0.138 e. The molecule has 0 saturated carbocycles. The number of aryl methyl sites for hydroxylation is 1. The summed E-state index contributed by atoms with van der Waals surface area (Å²) in [5.74, 6) is 0. The second-order valence-corrected chi connectivity index (χ2v) is 7.21. The molecule has 1 heterocycles. The van der Waals surface area contributed by atoms with E-state index >= 15 is 0 Å². The van der Waals surface area contributed by atoms with Crippen molar-refractivity contribution < 1.29 is 4.42 Å². The lowest BCUT2D eigenvalue weighted by molar-refractivity contribution is 0.654. The first-order valence-electron chi connectivity index (χ1n) is 9.61. The highest BCUT2D eigenvalue weighted by molar-refractivity contribution is 6.21. The molecule has 0 bridgehead atoms. The van der Waals surface area contributed by atoms with E-state index in [0.717, 1.165) is 17.6 Å². The molecule has 0 unspecified atom stereocenters. The van der Waals surface area contributed by atoms with Crippen molar-refractivity contribution in [2.75, 3.05) is 0 Å². The number of para-hydroxylation sites is 1. The van der Waals surface area contributed by atoms with Crippen molar-refractivity contribution in [2.24, 2.45) is 0 Å². The van der Waals surface area contributed by atoms with Crippen molar-refractivity contribution in [3.8, 4) is 0 Å². The van der Waals surface area contributed by atoms with Crippen LogP contribution < -0.4 is 0 Å². The SMILES string of the molecule is CCCCCc1cccc2c1oc1ccc3cc4ccccc4cc3c12. The van der Waals surface area contributed by atoms with E-state index in [1.165, 1.54) is 57.1 Å². The Hall–Kier alpha value is -2.80. The maximum absolute atomic E-state index is 6.33. The molecule has 0 aliphatic rings. The Morgan fingerprint density at radius 1 is 0.731 bits per heavy atom. The highest BCUT2D eigenvalue weighted by Gasteiger charge is 2.13. The minimum Gasteiger partial charge on any atom is -0.456 e. The van der Waals surface area contributed by atoms with E-state index in [-0.39, 0.29) is 0 Å². The van der Waals surface area contributed by atoms with Crippen LogP contribution in [0, 0.1) is 0 Å². The molecule has 0 fully saturated rings. The predicted molar refractivity (Wildman–Crippen MR) is 112 cm³/mol. The summed E-state index contributed by atoms with van der Waals surface area (Å²) in [5, 5.41) is 7.62. The van der Waals surface area contributed by atoms with Crippen LogP contribution in [-0.2, 0) is 6.42 Å². The van der Waals surface area contributed by atoms with Crippen molar-refractivity contribution in [3.63, 3.8) is 0 Å². The molecular formula is C25H22O. The van der Waals surface area contributed by atoms with E-state index in [1.54, 1.807) is 0 Å². The van der Waals surface area contributed by atoms with Crippen LogP contribution in [0.3, 0.4) is 0 Å². The van der Waals surface area contributed by atoms with Crippen molar-refractivity contribution in [1.29, 1.82) is 0 Å². The second kappa shape index (κ2) is 6.17. The van der Waals surface area contributed by atoms with E-state index in [1.807, 2.05) is 0 Å². The minimum atomic E-state index is 0.991. The van der Waals surface area contributed by atoms with Crippen molar-refractivity contribution in [2.45, 2.75) is 32.6 Å². The Bertz CT molecular complexity index is 1240. The van der Waals surface area contributed by atoms with E-state index in [2.05, 4.69) is 73.7 Å². The largest absolute Gasteiger partial charge is 0.456 e. The molecule has 0 N–H and O–H groups in total. The first-order chi connectivity index (χ1) is 12.8. The van der Waals surface area contributed by atoms with Crippen molar-refractivity contribution in [3.05, 3.63) is 72.3 Å². The van der Waals surface area contributed by atoms with E-state index in [9.17, 15) is 0 Å². The fourth-order valence-corrected chi connectivity index (χ4v) is 4.13. The molecule has 5 aromatic rings. The average molecular weight is 338 g/mol. The van der Waals surface area contributed by atoms with Crippen LogP contribution >= 0.6 is 0 Å². The molecule has 0 radical (unpaired) electrons. The van der Waals surface area contributed by atoms with Crippen molar-refractivity contribution >= 4 is 43.5 Å². The topological polar surface area (TPSA) is 13.1 Å².